The Hall–Kier alpha value is -3.69. The smallest absolute Gasteiger partial charge is 0.270 e. The molecule has 1 fully saturated rings. The Balaban J connectivity index is 1.39. The van der Waals surface area contributed by atoms with Gasteiger partial charge < -0.3 is 19.4 Å². The van der Waals surface area contributed by atoms with Crippen molar-refractivity contribution >= 4 is 28.2 Å². The van der Waals surface area contributed by atoms with Crippen LogP contribution in [-0.2, 0) is 16.1 Å². The number of amides is 1. The van der Waals surface area contributed by atoms with E-state index >= 15 is 0 Å². The maximum absolute atomic E-state index is 13.0. The highest BCUT2D eigenvalue weighted by Gasteiger charge is 2.24. The molecule has 1 aliphatic heterocycles. The van der Waals surface area contributed by atoms with Gasteiger partial charge in [-0.3, -0.25) is 25.6 Å². The van der Waals surface area contributed by atoms with Crippen LogP contribution in [0.15, 0.2) is 54.9 Å². The number of pyridine rings is 1. The van der Waals surface area contributed by atoms with E-state index in [1.54, 1.807) is 30.6 Å². The number of carbonyl (C=O) groups is 1. The molecule has 4 rings (SSSR count). The molecule has 0 bridgehead atoms. The molecule has 0 aliphatic carbocycles. The van der Waals surface area contributed by atoms with Gasteiger partial charge in [-0.1, -0.05) is 0 Å². The van der Waals surface area contributed by atoms with Gasteiger partial charge in [-0.25, -0.2) is 0 Å². The number of hydrazine groups is 1. The summed E-state index contributed by atoms with van der Waals surface area (Å²) in [6, 6.07) is 11.7. The summed E-state index contributed by atoms with van der Waals surface area (Å²) in [5.74, 6) is -0.00986. The number of H-pyrrole nitrogens is 1. The lowest BCUT2D eigenvalue weighted by Gasteiger charge is -2.30. The maximum atomic E-state index is 13.0. The van der Waals surface area contributed by atoms with Crippen LogP contribution in [0.4, 0.5) is 5.69 Å². The molecule has 0 unspecified atom stereocenters. The Morgan fingerprint density at radius 2 is 2.06 bits per heavy atom. The number of anilines is 1. The summed E-state index contributed by atoms with van der Waals surface area (Å²) in [5.41, 5.74) is 7.48. The van der Waals surface area contributed by atoms with E-state index in [4.69, 9.17) is 14.9 Å². The van der Waals surface area contributed by atoms with Crippen molar-refractivity contribution < 1.29 is 14.3 Å². The number of rotatable bonds is 9. The van der Waals surface area contributed by atoms with Crippen molar-refractivity contribution in [2.75, 3.05) is 39.8 Å². The topological polar surface area (TPSA) is 107 Å². The van der Waals surface area contributed by atoms with E-state index in [-0.39, 0.29) is 11.9 Å². The molecule has 1 amide bonds. The average molecular weight is 477 g/mol. The van der Waals surface area contributed by atoms with E-state index in [0.717, 1.165) is 35.0 Å². The number of aromatic nitrogens is 2. The number of nitrogens with one attached hydrogen (secondary N) is 3. The van der Waals surface area contributed by atoms with E-state index in [1.165, 1.54) is 0 Å². The number of fused-ring (bicyclic) bond motifs is 1. The molecule has 9 heteroatoms. The Bertz CT molecular complexity index is 1210. The molecular formula is C26H32N6O3. The molecule has 3 heterocycles. The highest BCUT2D eigenvalue weighted by atomic mass is 16.5. The lowest BCUT2D eigenvalue weighted by Crippen LogP contribution is -2.40. The van der Waals surface area contributed by atoms with Crippen molar-refractivity contribution in [2.45, 2.75) is 25.5 Å². The first-order chi connectivity index (χ1) is 16.9. The molecule has 0 radical (unpaired) electrons. The maximum Gasteiger partial charge on any atom is 0.270 e. The molecule has 0 spiro atoms. The monoisotopic (exact) mass is 476 g/mol. The molecule has 3 N–H and O–H groups in total. The number of aromatic amines is 1. The van der Waals surface area contributed by atoms with Crippen molar-refractivity contribution in [1.82, 2.24) is 19.9 Å². The zero-order chi connectivity index (χ0) is 24.8. The quantitative estimate of drug-likeness (QED) is 0.320. The van der Waals surface area contributed by atoms with E-state index in [9.17, 15) is 4.79 Å². The third kappa shape index (κ3) is 6.06. The number of hydrogen-bond donors (Lipinski definition) is 3. The van der Waals surface area contributed by atoms with Crippen LogP contribution in [0.3, 0.4) is 0 Å². The number of benzene rings is 1. The SMILES string of the molecule is COCc1ccnc(C(=N)/C=C\N(C)Nc2ccc3[nH]c(C(=O)N(C)C4CCOCC4)cc3c2)c1. The summed E-state index contributed by atoms with van der Waals surface area (Å²) in [6.07, 6.45) is 6.86. The molecule has 1 aliphatic rings. The predicted octanol–water partition coefficient (Wildman–Crippen LogP) is 3.80. The molecule has 3 aromatic rings. The number of nitrogens with zero attached hydrogens (tertiary/aromatic N) is 3. The second-order valence-corrected chi connectivity index (χ2v) is 8.68. The first-order valence-electron chi connectivity index (χ1n) is 11.6. The van der Waals surface area contributed by atoms with Crippen LogP contribution in [0.5, 0.6) is 0 Å². The summed E-state index contributed by atoms with van der Waals surface area (Å²) in [4.78, 5) is 22.3. The van der Waals surface area contributed by atoms with Gasteiger partial charge in [-0.15, -0.1) is 0 Å². The Kier molecular flexibility index (Phi) is 7.79. The van der Waals surface area contributed by atoms with Gasteiger partial charge in [0.15, 0.2) is 0 Å². The minimum atomic E-state index is -0.00986. The van der Waals surface area contributed by atoms with Crippen molar-refractivity contribution in [3.05, 3.63) is 71.8 Å². The van der Waals surface area contributed by atoms with Gasteiger partial charge in [0.2, 0.25) is 0 Å². The molecular weight excluding hydrogens is 444 g/mol. The average Bonchev–Trinajstić information content (AvgIpc) is 3.31. The Labute approximate surface area is 205 Å². The van der Waals surface area contributed by atoms with Gasteiger partial charge in [-0.05, 0) is 60.9 Å². The van der Waals surface area contributed by atoms with Gasteiger partial charge in [0.1, 0.15) is 5.69 Å². The minimum Gasteiger partial charge on any atom is -0.381 e. The summed E-state index contributed by atoms with van der Waals surface area (Å²) < 4.78 is 10.6. The van der Waals surface area contributed by atoms with E-state index in [2.05, 4.69) is 15.4 Å². The standard InChI is InChI=1S/C26H32N6O3/c1-31(11-7-22(27)24-14-18(17-34-3)6-10-28-24)30-20-4-5-23-19(15-20)16-25(29-23)26(33)32(2)21-8-12-35-13-9-21/h4-7,10-11,14-16,21,27,29-30H,8-9,12-13,17H2,1-3H3/b11-7-,27-22?. The fraction of sp³-hybridized carbons (Fsp3) is 0.346. The number of allylic oxidation sites excluding steroid dienone is 1. The highest BCUT2D eigenvalue weighted by molar-refractivity contribution is 6.05. The zero-order valence-electron chi connectivity index (χ0n) is 20.4. The number of carbonyl (C=O) groups excluding carboxylic acids is 1. The van der Waals surface area contributed by atoms with Gasteiger partial charge in [-0.2, -0.15) is 0 Å². The molecule has 0 saturated carbocycles. The van der Waals surface area contributed by atoms with Crippen molar-refractivity contribution in [3.8, 4) is 0 Å². The van der Waals surface area contributed by atoms with Crippen molar-refractivity contribution in [2.24, 2.45) is 0 Å². The van der Waals surface area contributed by atoms with E-state index < -0.39 is 0 Å². The minimum absolute atomic E-state index is 0.00986. The molecule has 9 nitrogen and oxygen atoms in total. The van der Waals surface area contributed by atoms with Crippen LogP contribution in [0, 0.1) is 5.41 Å². The fourth-order valence-corrected chi connectivity index (χ4v) is 4.14. The lowest BCUT2D eigenvalue weighted by atomic mass is 10.1. The molecule has 35 heavy (non-hydrogen) atoms. The van der Waals surface area contributed by atoms with Gasteiger partial charge in [0.05, 0.1) is 23.7 Å². The van der Waals surface area contributed by atoms with Gasteiger partial charge >= 0.3 is 0 Å². The van der Waals surface area contributed by atoms with Crippen LogP contribution in [-0.4, -0.2) is 72.0 Å². The molecule has 1 aromatic carbocycles. The van der Waals surface area contributed by atoms with Crippen molar-refractivity contribution in [3.63, 3.8) is 0 Å². The van der Waals surface area contributed by atoms with Crippen LogP contribution < -0.4 is 5.43 Å². The van der Waals surface area contributed by atoms with Crippen LogP contribution >= 0.6 is 0 Å². The van der Waals surface area contributed by atoms with Crippen LogP contribution in [0.25, 0.3) is 10.9 Å². The first-order valence-corrected chi connectivity index (χ1v) is 11.6. The normalized spacial score (nSPS) is 14.4. The van der Waals surface area contributed by atoms with Crippen LogP contribution in [0.2, 0.25) is 0 Å². The molecule has 0 atom stereocenters. The third-order valence-corrected chi connectivity index (χ3v) is 6.09. The Morgan fingerprint density at radius 1 is 1.26 bits per heavy atom. The summed E-state index contributed by atoms with van der Waals surface area (Å²) in [5, 5.41) is 11.0. The van der Waals surface area contributed by atoms with Crippen LogP contribution in [0.1, 0.15) is 34.6 Å². The zero-order valence-corrected chi connectivity index (χ0v) is 20.4. The van der Waals surface area contributed by atoms with Gasteiger partial charge in [0.25, 0.3) is 5.91 Å². The predicted molar refractivity (Wildman–Crippen MR) is 137 cm³/mol. The molecule has 184 valence electrons. The van der Waals surface area contributed by atoms with E-state index in [0.29, 0.717) is 36.9 Å². The fourth-order valence-electron chi connectivity index (χ4n) is 4.14. The summed E-state index contributed by atoms with van der Waals surface area (Å²) >= 11 is 0. The Morgan fingerprint density at radius 3 is 2.83 bits per heavy atom. The number of ether oxygens (including phenoxy) is 2. The summed E-state index contributed by atoms with van der Waals surface area (Å²) in [6.45, 7) is 1.87. The second kappa shape index (κ2) is 11.2. The molecule has 2 aromatic heterocycles. The lowest BCUT2D eigenvalue weighted by molar-refractivity contribution is 0.0359. The largest absolute Gasteiger partial charge is 0.381 e. The van der Waals surface area contributed by atoms with Gasteiger partial charge in [0, 0.05) is 63.8 Å². The highest BCUT2D eigenvalue weighted by Crippen LogP contribution is 2.23. The second-order valence-electron chi connectivity index (χ2n) is 8.68. The number of methoxy groups -OCH3 is 1. The first kappa shape index (κ1) is 24.4. The third-order valence-electron chi connectivity index (χ3n) is 6.09. The summed E-state index contributed by atoms with van der Waals surface area (Å²) in [7, 11) is 5.36. The van der Waals surface area contributed by atoms with E-state index in [1.807, 2.05) is 55.4 Å². The van der Waals surface area contributed by atoms with Crippen molar-refractivity contribution in [1.29, 1.82) is 5.41 Å². The molecule has 1 saturated heterocycles. The number of hydrogen-bond acceptors (Lipinski definition) is 7.